The summed E-state index contributed by atoms with van der Waals surface area (Å²) in [7, 11) is 0. The second kappa shape index (κ2) is 9.32. The third-order valence-corrected chi connectivity index (χ3v) is 6.08. The normalized spacial score (nSPS) is 16.1. The molecule has 1 unspecified atom stereocenters. The standard InChI is InChI=1S/C22H27FN2O2S/c1-15(2)9-12-24-20(26)7-8-21(27)25-13-10-19-18(11-14-28-19)22(25)16-3-5-17(23)6-4-16/h3-6,11,14-15,22H,7-10,12-13H2,1-2H3,(H,24,26). The molecule has 2 amide bonds. The number of nitrogens with one attached hydrogen (secondary N) is 1. The number of amides is 2. The summed E-state index contributed by atoms with van der Waals surface area (Å²) in [5.74, 6) is 0.123. The van der Waals surface area contributed by atoms with Gasteiger partial charge in [0.1, 0.15) is 5.82 Å². The molecular formula is C22H27FN2O2S. The van der Waals surface area contributed by atoms with Crippen LogP contribution in [0.4, 0.5) is 4.39 Å². The first kappa shape index (κ1) is 20.5. The Kier molecular flexibility index (Phi) is 6.83. The summed E-state index contributed by atoms with van der Waals surface area (Å²) in [6.07, 6.45) is 2.13. The van der Waals surface area contributed by atoms with E-state index in [-0.39, 0.29) is 36.5 Å². The largest absolute Gasteiger partial charge is 0.356 e. The van der Waals surface area contributed by atoms with Gasteiger partial charge >= 0.3 is 0 Å². The molecule has 3 rings (SSSR count). The SMILES string of the molecule is CC(C)CCNC(=O)CCC(=O)N1CCc2sccc2C1c1ccc(F)cc1. The zero-order valence-electron chi connectivity index (χ0n) is 16.4. The molecule has 2 heterocycles. The Morgan fingerprint density at radius 3 is 2.68 bits per heavy atom. The molecule has 2 aromatic rings. The fourth-order valence-electron chi connectivity index (χ4n) is 3.54. The van der Waals surface area contributed by atoms with Crippen LogP contribution in [0.3, 0.4) is 0 Å². The number of nitrogens with zero attached hydrogens (tertiary/aromatic N) is 1. The highest BCUT2D eigenvalue weighted by Crippen LogP contribution is 2.38. The van der Waals surface area contributed by atoms with Crippen molar-refractivity contribution in [3.8, 4) is 0 Å². The topological polar surface area (TPSA) is 49.4 Å². The van der Waals surface area contributed by atoms with Crippen molar-refractivity contribution in [3.63, 3.8) is 0 Å². The molecule has 0 aliphatic carbocycles. The fraction of sp³-hybridized carbons (Fsp3) is 0.455. The number of benzene rings is 1. The van der Waals surface area contributed by atoms with Gasteiger partial charge in [-0.15, -0.1) is 11.3 Å². The number of carbonyl (C=O) groups is 2. The van der Waals surface area contributed by atoms with Crippen molar-refractivity contribution in [2.24, 2.45) is 5.92 Å². The minimum absolute atomic E-state index is 0.0369. The van der Waals surface area contributed by atoms with Gasteiger partial charge < -0.3 is 10.2 Å². The highest BCUT2D eigenvalue weighted by atomic mass is 32.1. The Balaban J connectivity index is 1.68. The summed E-state index contributed by atoms with van der Waals surface area (Å²) in [6.45, 7) is 5.48. The van der Waals surface area contributed by atoms with E-state index in [0.717, 1.165) is 24.0 Å². The first-order valence-corrected chi connectivity index (χ1v) is 10.7. The third kappa shape index (κ3) is 4.98. The molecular weight excluding hydrogens is 375 g/mol. The molecule has 0 radical (unpaired) electrons. The van der Waals surface area contributed by atoms with Gasteiger partial charge in [0.15, 0.2) is 0 Å². The Hall–Kier alpha value is -2.21. The van der Waals surface area contributed by atoms with Crippen molar-refractivity contribution in [1.29, 1.82) is 0 Å². The minimum atomic E-state index is -0.291. The number of rotatable bonds is 7. The molecule has 6 heteroatoms. The highest BCUT2D eigenvalue weighted by Gasteiger charge is 2.32. The summed E-state index contributed by atoms with van der Waals surface area (Å²) in [4.78, 5) is 28.1. The van der Waals surface area contributed by atoms with Gasteiger partial charge in [-0.25, -0.2) is 4.39 Å². The van der Waals surface area contributed by atoms with Crippen molar-refractivity contribution in [1.82, 2.24) is 10.2 Å². The lowest BCUT2D eigenvalue weighted by molar-refractivity contribution is -0.135. The lowest BCUT2D eigenvalue weighted by Crippen LogP contribution is -2.40. The van der Waals surface area contributed by atoms with Gasteiger partial charge in [0, 0.05) is 30.8 Å². The zero-order valence-corrected chi connectivity index (χ0v) is 17.2. The van der Waals surface area contributed by atoms with Gasteiger partial charge in [-0.3, -0.25) is 9.59 Å². The second-order valence-electron chi connectivity index (χ2n) is 7.62. The van der Waals surface area contributed by atoms with Gasteiger partial charge in [-0.1, -0.05) is 26.0 Å². The maximum atomic E-state index is 13.4. The number of thiophene rings is 1. The van der Waals surface area contributed by atoms with Crippen LogP contribution in [0.25, 0.3) is 0 Å². The molecule has 1 N–H and O–H groups in total. The van der Waals surface area contributed by atoms with Gasteiger partial charge in [-0.2, -0.15) is 0 Å². The first-order chi connectivity index (χ1) is 13.5. The van der Waals surface area contributed by atoms with Crippen LogP contribution >= 0.6 is 11.3 Å². The molecule has 1 aromatic heterocycles. The van der Waals surface area contributed by atoms with Gasteiger partial charge in [-0.05, 0) is 53.5 Å². The average molecular weight is 403 g/mol. The van der Waals surface area contributed by atoms with Crippen LogP contribution in [0.1, 0.15) is 55.2 Å². The van der Waals surface area contributed by atoms with E-state index in [2.05, 4.69) is 19.2 Å². The number of hydrogen-bond acceptors (Lipinski definition) is 3. The van der Waals surface area contributed by atoms with Gasteiger partial charge in [0.25, 0.3) is 0 Å². The third-order valence-electron chi connectivity index (χ3n) is 5.08. The van der Waals surface area contributed by atoms with E-state index in [0.29, 0.717) is 19.0 Å². The van der Waals surface area contributed by atoms with Crippen molar-refractivity contribution in [2.45, 2.75) is 45.6 Å². The number of fused-ring (bicyclic) bond motifs is 1. The molecule has 1 aliphatic rings. The lowest BCUT2D eigenvalue weighted by atomic mass is 9.93. The van der Waals surface area contributed by atoms with Crippen LogP contribution < -0.4 is 5.32 Å². The predicted molar refractivity (Wildman–Crippen MR) is 110 cm³/mol. The summed E-state index contributed by atoms with van der Waals surface area (Å²) in [5.41, 5.74) is 2.01. The van der Waals surface area contributed by atoms with Crippen LogP contribution in [0.2, 0.25) is 0 Å². The minimum Gasteiger partial charge on any atom is -0.356 e. The van der Waals surface area contributed by atoms with Crippen LogP contribution in [-0.4, -0.2) is 29.8 Å². The first-order valence-electron chi connectivity index (χ1n) is 9.83. The van der Waals surface area contributed by atoms with Crippen molar-refractivity contribution in [2.75, 3.05) is 13.1 Å². The Morgan fingerprint density at radius 1 is 1.21 bits per heavy atom. The van der Waals surface area contributed by atoms with Crippen LogP contribution in [0.5, 0.6) is 0 Å². The van der Waals surface area contributed by atoms with Crippen molar-refractivity contribution >= 4 is 23.2 Å². The van der Waals surface area contributed by atoms with Crippen molar-refractivity contribution in [3.05, 3.63) is 57.5 Å². The maximum absolute atomic E-state index is 13.4. The lowest BCUT2D eigenvalue weighted by Gasteiger charge is -2.36. The molecule has 28 heavy (non-hydrogen) atoms. The molecule has 1 aromatic carbocycles. The highest BCUT2D eigenvalue weighted by molar-refractivity contribution is 7.10. The number of carbonyl (C=O) groups excluding carboxylic acids is 2. The Bertz CT molecular complexity index is 816. The molecule has 1 aliphatic heterocycles. The van der Waals surface area contributed by atoms with E-state index in [1.165, 1.54) is 17.0 Å². The van der Waals surface area contributed by atoms with E-state index in [1.54, 1.807) is 23.5 Å². The van der Waals surface area contributed by atoms with Gasteiger partial charge in [0.2, 0.25) is 11.8 Å². The second-order valence-corrected chi connectivity index (χ2v) is 8.62. The summed E-state index contributed by atoms with van der Waals surface area (Å²) in [6, 6.07) is 8.18. The molecule has 0 saturated heterocycles. The molecule has 0 bridgehead atoms. The van der Waals surface area contributed by atoms with E-state index in [9.17, 15) is 14.0 Å². The average Bonchev–Trinajstić information content (AvgIpc) is 3.14. The van der Waals surface area contributed by atoms with E-state index in [1.807, 2.05) is 16.3 Å². The maximum Gasteiger partial charge on any atom is 0.223 e. The number of halogens is 1. The monoisotopic (exact) mass is 402 g/mol. The Morgan fingerprint density at radius 2 is 1.96 bits per heavy atom. The predicted octanol–water partition coefficient (Wildman–Crippen LogP) is 4.30. The summed E-state index contributed by atoms with van der Waals surface area (Å²) in [5, 5.41) is 4.92. The molecule has 0 saturated carbocycles. The quantitative estimate of drug-likeness (QED) is 0.751. The van der Waals surface area contributed by atoms with E-state index < -0.39 is 0 Å². The van der Waals surface area contributed by atoms with Crippen LogP contribution in [0, 0.1) is 11.7 Å². The molecule has 4 nitrogen and oxygen atoms in total. The van der Waals surface area contributed by atoms with Gasteiger partial charge in [0.05, 0.1) is 6.04 Å². The summed E-state index contributed by atoms with van der Waals surface area (Å²) < 4.78 is 13.4. The fourth-order valence-corrected chi connectivity index (χ4v) is 4.45. The van der Waals surface area contributed by atoms with E-state index in [4.69, 9.17) is 0 Å². The number of hydrogen-bond donors (Lipinski definition) is 1. The molecule has 0 fully saturated rings. The van der Waals surface area contributed by atoms with Crippen molar-refractivity contribution < 1.29 is 14.0 Å². The zero-order chi connectivity index (χ0) is 20.1. The summed E-state index contributed by atoms with van der Waals surface area (Å²) >= 11 is 1.69. The molecule has 1 atom stereocenters. The van der Waals surface area contributed by atoms with Crippen LogP contribution in [0.15, 0.2) is 35.7 Å². The molecule has 0 spiro atoms. The van der Waals surface area contributed by atoms with E-state index >= 15 is 0 Å². The molecule has 150 valence electrons. The Labute approximate surface area is 169 Å². The van der Waals surface area contributed by atoms with Crippen LogP contribution in [-0.2, 0) is 16.0 Å². The smallest absolute Gasteiger partial charge is 0.223 e.